The summed E-state index contributed by atoms with van der Waals surface area (Å²) in [5, 5.41) is 5.18. The maximum Gasteiger partial charge on any atom is 0.293 e. The van der Waals surface area contributed by atoms with Crippen molar-refractivity contribution in [2.75, 3.05) is 5.32 Å². The Balaban J connectivity index is 1.77. The van der Waals surface area contributed by atoms with Gasteiger partial charge >= 0.3 is 0 Å². The Bertz CT molecular complexity index is 703. The molecule has 19 heavy (non-hydrogen) atoms. The van der Waals surface area contributed by atoms with E-state index in [-0.39, 0.29) is 11.7 Å². The zero-order chi connectivity index (χ0) is 13.2. The number of aromatic nitrogens is 1. The van der Waals surface area contributed by atoms with Gasteiger partial charge in [-0.05, 0) is 40.2 Å². The van der Waals surface area contributed by atoms with Gasteiger partial charge in [0.15, 0.2) is 10.9 Å². The van der Waals surface area contributed by atoms with Crippen LogP contribution in [0.3, 0.4) is 0 Å². The molecule has 3 aromatic rings. The fraction of sp³-hybridized carbons (Fsp3) is 0. The minimum absolute atomic E-state index is 0.274. The molecule has 0 unspecified atom stereocenters. The number of carbonyl (C=O) groups excluding carboxylic acids is 1. The van der Waals surface area contributed by atoms with Gasteiger partial charge in [0.25, 0.3) is 5.91 Å². The van der Waals surface area contributed by atoms with Crippen molar-refractivity contribution in [1.29, 1.82) is 0 Å². The number of thiophene rings is 1. The first-order valence-corrected chi connectivity index (χ1v) is 7.77. The maximum absolute atomic E-state index is 11.8. The summed E-state index contributed by atoms with van der Waals surface area (Å²) in [6.07, 6.45) is 1.46. The van der Waals surface area contributed by atoms with E-state index in [4.69, 9.17) is 4.42 Å². The Morgan fingerprint density at radius 2 is 2.26 bits per heavy atom. The Morgan fingerprint density at radius 1 is 1.37 bits per heavy atom. The normalized spacial score (nSPS) is 10.6. The number of hydrogen-bond acceptors (Lipinski definition) is 5. The molecular weight excluding hydrogens is 348 g/mol. The molecule has 0 radical (unpaired) electrons. The molecule has 0 aliphatic rings. The quantitative estimate of drug-likeness (QED) is 0.754. The largest absolute Gasteiger partial charge is 0.459 e. The number of nitrogens with zero attached hydrogens (tertiary/aromatic N) is 1. The first-order valence-electron chi connectivity index (χ1n) is 5.28. The van der Waals surface area contributed by atoms with E-state index >= 15 is 0 Å². The van der Waals surface area contributed by atoms with Gasteiger partial charge in [-0.1, -0.05) is 0 Å². The summed E-state index contributed by atoms with van der Waals surface area (Å²) in [5.41, 5.74) is 0.857. The average Bonchev–Trinajstić information content (AvgIpc) is 3.07. The lowest BCUT2D eigenvalue weighted by Gasteiger charge is -1.96. The monoisotopic (exact) mass is 354 g/mol. The van der Waals surface area contributed by atoms with Crippen LogP contribution >= 0.6 is 38.6 Å². The van der Waals surface area contributed by atoms with Gasteiger partial charge in [-0.3, -0.25) is 10.1 Å². The lowest BCUT2D eigenvalue weighted by Crippen LogP contribution is -2.10. The minimum atomic E-state index is -0.293. The van der Waals surface area contributed by atoms with Crippen LogP contribution in [0.1, 0.15) is 10.6 Å². The lowest BCUT2D eigenvalue weighted by atomic mass is 10.4. The van der Waals surface area contributed by atoms with E-state index in [0.717, 1.165) is 14.4 Å². The number of nitrogens with one attached hydrogen (secondary N) is 1. The third-order valence-corrected chi connectivity index (χ3v) is 4.70. The molecule has 0 aromatic carbocycles. The molecule has 0 spiro atoms. The zero-order valence-electron chi connectivity index (χ0n) is 9.42. The number of rotatable bonds is 3. The second kappa shape index (κ2) is 5.28. The third kappa shape index (κ3) is 2.78. The van der Waals surface area contributed by atoms with Crippen LogP contribution in [0, 0.1) is 0 Å². The van der Waals surface area contributed by atoms with E-state index in [1.165, 1.54) is 17.6 Å². The van der Waals surface area contributed by atoms with Gasteiger partial charge in [-0.15, -0.1) is 22.7 Å². The van der Waals surface area contributed by atoms with Crippen molar-refractivity contribution in [3.05, 3.63) is 45.5 Å². The highest BCUT2D eigenvalue weighted by molar-refractivity contribution is 9.11. The Hall–Kier alpha value is -1.44. The molecule has 0 atom stereocenters. The van der Waals surface area contributed by atoms with E-state index in [0.29, 0.717) is 5.13 Å². The van der Waals surface area contributed by atoms with Crippen LogP contribution in [0.5, 0.6) is 0 Å². The summed E-state index contributed by atoms with van der Waals surface area (Å²) in [6, 6.07) is 7.24. The van der Waals surface area contributed by atoms with Crippen molar-refractivity contribution in [3.8, 4) is 10.6 Å². The molecular formula is C12H7BrN2O2S2. The van der Waals surface area contributed by atoms with Gasteiger partial charge in [-0.25, -0.2) is 4.98 Å². The molecule has 4 nitrogen and oxygen atoms in total. The third-order valence-electron chi connectivity index (χ3n) is 2.30. The Labute approximate surface area is 125 Å². The van der Waals surface area contributed by atoms with Gasteiger partial charge in [0, 0.05) is 5.38 Å². The molecule has 0 saturated heterocycles. The summed E-state index contributed by atoms with van der Waals surface area (Å²) in [5.74, 6) is -0.0196. The molecule has 3 rings (SSSR count). The van der Waals surface area contributed by atoms with Crippen molar-refractivity contribution < 1.29 is 9.21 Å². The van der Waals surface area contributed by atoms with E-state index < -0.39 is 0 Å². The summed E-state index contributed by atoms with van der Waals surface area (Å²) in [7, 11) is 0. The predicted molar refractivity (Wildman–Crippen MR) is 79.8 cm³/mol. The molecule has 1 N–H and O–H groups in total. The van der Waals surface area contributed by atoms with Crippen LogP contribution in [-0.2, 0) is 0 Å². The first-order chi connectivity index (χ1) is 9.22. The van der Waals surface area contributed by atoms with E-state index in [1.807, 2.05) is 17.5 Å². The fourth-order valence-corrected chi connectivity index (χ4v) is 3.59. The SMILES string of the molecule is O=C(Nc1nc(-c2ccc(Br)s2)cs1)c1ccco1. The molecule has 7 heteroatoms. The average molecular weight is 355 g/mol. The molecule has 0 bridgehead atoms. The van der Waals surface area contributed by atoms with Crippen molar-refractivity contribution >= 4 is 49.6 Å². The molecule has 0 fully saturated rings. The minimum Gasteiger partial charge on any atom is -0.459 e. The number of halogens is 1. The summed E-state index contributed by atoms with van der Waals surface area (Å²) in [4.78, 5) is 17.2. The second-order valence-corrected chi connectivity index (χ2v) is 6.89. The van der Waals surface area contributed by atoms with Crippen molar-refractivity contribution in [2.45, 2.75) is 0 Å². The topological polar surface area (TPSA) is 55.1 Å². The molecule has 0 saturated carbocycles. The fourth-order valence-electron chi connectivity index (χ4n) is 1.46. The maximum atomic E-state index is 11.8. The number of thiazole rings is 1. The van der Waals surface area contributed by atoms with Crippen LogP contribution in [0.25, 0.3) is 10.6 Å². The van der Waals surface area contributed by atoms with Gasteiger partial charge in [0.2, 0.25) is 0 Å². The molecule has 3 heterocycles. The highest BCUT2D eigenvalue weighted by Crippen LogP contribution is 2.33. The predicted octanol–water partition coefficient (Wildman–Crippen LogP) is 4.48. The summed E-state index contributed by atoms with van der Waals surface area (Å²) in [6.45, 7) is 0. The van der Waals surface area contributed by atoms with Crippen LogP contribution < -0.4 is 5.32 Å². The number of hydrogen-bond donors (Lipinski definition) is 1. The van der Waals surface area contributed by atoms with E-state index in [9.17, 15) is 4.79 Å². The van der Waals surface area contributed by atoms with Crippen LogP contribution in [0.2, 0.25) is 0 Å². The van der Waals surface area contributed by atoms with Crippen molar-refractivity contribution in [2.24, 2.45) is 0 Å². The molecule has 96 valence electrons. The summed E-state index contributed by atoms with van der Waals surface area (Å²) >= 11 is 6.40. The lowest BCUT2D eigenvalue weighted by molar-refractivity contribution is 0.0996. The zero-order valence-corrected chi connectivity index (χ0v) is 12.6. The van der Waals surface area contributed by atoms with Gasteiger partial charge in [-0.2, -0.15) is 0 Å². The Kier molecular flexibility index (Phi) is 3.50. The van der Waals surface area contributed by atoms with Crippen LogP contribution in [-0.4, -0.2) is 10.9 Å². The smallest absolute Gasteiger partial charge is 0.293 e. The van der Waals surface area contributed by atoms with Gasteiger partial charge in [0.05, 0.1) is 20.6 Å². The van der Waals surface area contributed by atoms with Gasteiger partial charge in [0.1, 0.15) is 0 Å². The van der Waals surface area contributed by atoms with Crippen molar-refractivity contribution in [1.82, 2.24) is 4.98 Å². The molecule has 1 amide bonds. The molecule has 3 aromatic heterocycles. The molecule has 0 aliphatic carbocycles. The second-order valence-electron chi connectivity index (χ2n) is 3.57. The van der Waals surface area contributed by atoms with E-state index in [2.05, 4.69) is 26.2 Å². The highest BCUT2D eigenvalue weighted by atomic mass is 79.9. The first kappa shape index (κ1) is 12.6. The Morgan fingerprint density at radius 3 is 2.95 bits per heavy atom. The summed E-state index contributed by atoms with van der Waals surface area (Å²) < 4.78 is 6.08. The number of carbonyl (C=O) groups is 1. The molecule has 0 aliphatic heterocycles. The number of amides is 1. The van der Waals surface area contributed by atoms with Gasteiger partial charge < -0.3 is 4.42 Å². The number of furan rings is 1. The highest BCUT2D eigenvalue weighted by Gasteiger charge is 2.12. The standard InChI is InChI=1S/C12H7BrN2O2S2/c13-10-4-3-9(19-10)7-6-18-12(14-7)15-11(16)8-2-1-5-17-8/h1-6H,(H,14,15,16). The van der Waals surface area contributed by atoms with E-state index in [1.54, 1.807) is 23.5 Å². The van der Waals surface area contributed by atoms with Crippen LogP contribution in [0.4, 0.5) is 5.13 Å². The van der Waals surface area contributed by atoms with Crippen LogP contribution in [0.15, 0.2) is 44.1 Å². The number of anilines is 1. The van der Waals surface area contributed by atoms with Crippen molar-refractivity contribution in [3.63, 3.8) is 0 Å².